The van der Waals surface area contributed by atoms with Gasteiger partial charge in [0.2, 0.25) is 5.91 Å². The van der Waals surface area contributed by atoms with Crippen molar-refractivity contribution in [2.75, 3.05) is 0 Å². The van der Waals surface area contributed by atoms with E-state index in [0.717, 1.165) is 5.56 Å². The topological polar surface area (TPSA) is 104 Å². The number of nitrogens with one attached hydrogen (secondary N) is 1. The van der Waals surface area contributed by atoms with Gasteiger partial charge in [-0.2, -0.15) is 0 Å². The molecule has 0 aliphatic heterocycles. The number of para-hydroxylation sites is 1. The van der Waals surface area contributed by atoms with Crippen molar-refractivity contribution in [3.8, 4) is 0 Å². The third kappa shape index (κ3) is 4.41. The highest BCUT2D eigenvalue weighted by Crippen LogP contribution is 2.19. The van der Waals surface area contributed by atoms with Gasteiger partial charge in [-0.25, -0.2) is 4.98 Å². The summed E-state index contributed by atoms with van der Waals surface area (Å²) in [5, 5.41) is 14.7. The lowest BCUT2D eigenvalue weighted by atomic mass is 10.0. The van der Waals surface area contributed by atoms with Gasteiger partial charge in [0.15, 0.2) is 0 Å². The molecule has 3 aromatic carbocycles. The summed E-state index contributed by atoms with van der Waals surface area (Å²) in [4.78, 5) is 42.6. The molecule has 7 heteroatoms. The van der Waals surface area contributed by atoms with Crippen LogP contribution in [0.3, 0.4) is 0 Å². The molecule has 1 aromatic heterocycles. The summed E-state index contributed by atoms with van der Waals surface area (Å²) < 4.78 is 1.22. The Labute approximate surface area is 184 Å². The van der Waals surface area contributed by atoms with Crippen molar-refractivity contribution in [3.63, 3.8) is 0 Å². The molecule has 0 aliphatic carbocycles. The second-order valence-corrected chi connectivity index (χ2v) is 7.36. The zero-order chi connectivity index (χ0) is 22.5. The predicted octanol–water partition coefficient (Wildman–Crippen LogP) is 1.46. The maximum absolute atomic E-state index is 13.3. The standard InChI is InChI=1S/C25H21N3O4/c29-23(27-21(25(31)32)15-17-9-3-1-4-10-17)22(18-11-5-2-6-12-18)28-16-26-20-14-8-7-13-19(20)24(28)30/h1-14,16,21-22H,15H2,(H,27,29)(H,31,32)/p-1/t21-,22-/m0/s1. The quantitative estimate of drug-likeness (QED) is 0.482. The fourth-order valence-corrected chi connectivity index (χ4v) is 3.63. The molecular formula is C25H20N3O4-. The van der Waals surface area contributed by atoms with E-state index in [9.17, 15) is 19.5 Å². The molecule has 4 rings (SSSR count). The van der Waals surface area contributed by atoms with Gasteiger partial charge >= 0.3 is 0 Å². The van der Waals surface area contributed by atoms with Gasteiger partial charge in [0, 0.05) is 0 Å². The number of aliphatic carboxylic acids is 1. The van der Waals surface area contributed by atoms with E-state index in [-0.39, 0.29) is 6.42 Å². The van der Waals surface area contributed by atoms with E-state index in [2.05, 4.69) is 10.3 Å². The van der Waals surface area contributed by atoms with Gasteiger partial charge in [0.05, 0.1) is 29.2 Å². The van der Waals surface area contributed by atoms with E-state index in [1.165, 1.54) is 10.9 Å². The van der Waals surface area contributed by atoms with Gasteiger partial charge in [-0.15, -0.1) is 0 Å². The molecule has 0 saturated heterocycles. The Morgan fingerprint density at radius 3 is 2.22 bits per heavy atom. The molecule has 4 aromatic rings. The average molecular weight is 426 g/mol. The fraction of sp³-hybridized carbons (Fsp3) is 0.120. The van der Waals surface area contributed by atoms with Crippen LogP contribution in [0.25, 0.3) is 10.9 Å². The van der Waals surface area contributed by atoms with E-state index in [1.807, 2.05) is 6.07 Å². The summed E-state index contributed by atoms with van der Waals surface area (Å²) >= 11 is 0. The minimum atomic E-state index is -1.40. The third-order valence-electron chi connectivity index (χ3n) is 5.22. The van der Waals surface area contributed by atoms with Crippen molar-refractivity contribution in [1.29, 1.82) is 0 Å². The van der Waals surface area contributed by atoms with Gasteiger partial charge in [0.1, 0.15) is 6.04 Å². The summed E-state index contributed by atoms with van der Waals surface area (Å²) in [5.74, 6) is -2.04. The number of carboxylic acid groups (broad SMARTS) is 1. The molecule has 0 aliphatic rings. The van der Waals surface area contributed by atoms with Crippen molar-refractivity contribution in [2.24, 2.45) is 0 Å². The summed E-state index contributed by atoms with van der Waals surface area (Å²) in [5.41, 5.74) is 1.38. The van der Waals surface area contributed by atoms with Crippen LogP contribution >= 0.6 is 0 Å². The van der Waals surface area contributed by atoms with Crippen LogP contribution in [0.15, 0.2) is 96.1 Å². The third-order valence-corrected chi connectivity index (χ3v) is 5.22. The molecule has 1 amide bonds. The molecule has 32 heavy (non-hydrogen) atoms. The predicted molar refractivity (Wildman–Crippen MR) is 118 cm³/mol. The second kappa shape index (κ2) is 9.26. The molecular weight excluding hydrogens is 406 g/mol. The van der Waals surface area contributed by atoms with E-state index >= 15 is 0 Å². The Morgan fingerprint density at radius 1 is 0.906 bits per heavy atom. The van der Waals surface area contributed by atoms with Gasteiger partial charge in [-0.1, -0.05) is 72.8 Å². The molecule has 0 spiro atoms. The Morgan fingerprint density at radius 2 is 1.53 bits per heavy atom. The van der Waals surface area contributed by atoms with Gasteiger partial charge in [-0.3, -0.25) is 14.2 Å². The van der Waals surface area contributed by atoms with Crippen LogP contribution in [0.5, 0.6) is 0 Å². The molecule has 0 unspecified atom stereocenters. The maximum Gasteiger partial charge on any atom is 0.262 e. The lowest BCUT2D eigenvalue weighted by molar-refractivity contribution is -0.308. The van der Waals surface area contributed by atoms with Crippen LogP contribution in [0.2, 0.25) is 0 Å². The smallest absolute Gasteiger partial charge is 0.262 e. The van der Waals surface area contributed by atoms with Crippen LogP contribution in [0.1, 0.15) is 17.2 Å². The normalized spacial score (nSPS) is 12.8. The lowest BCUT2D eigenvalue weighted by Gasteiger charge is -2.25. The summed E-state index contributed by atoms with van der Waals surface area (Å²) in [6, 6.07) is 22.1. The number of amides is 1. The molecule has 160 valence electrons. The molecule has 2 atom stereocenters. The highest BCUT2D eigenvalue weighted by Gasteiger charge is 2.27. The Hall–Kier alpha value is -4.26. The molecule has 0 bridgehead atoms. The number of carbonyl (C=O) groups is 2. The number of fused-ring (bicyclic) bond motifs is 1. The van der Waals surface area contributed by atoms with Gasteiger partial charge < -0.3 is 15.2 Å². The Balaban J connectivity index is 1.73. The minimum absolute atomic E-state index is 0.0568. The van der Waals surface area contributed by atoms with Crippen molar-refractivity contribution < 1.29 is 14.7 Å². The molecule has 1 N–H and O–H groups in total. The second-order valence-electron chi connectivity index (χ2n) is 7.36. The van der Waals surface area contributed by atoms with Crippen molar-refractivity contribution in [1.82, 2.24) is 14.9 Å². The molecule has 0 saturated carbocycles. The van der Waals surface area contributed by atoms with E-state index < -0.39 is 29.5 Å². The van der Waals surface area contributed by atoms with Crippen molar-refractivity contribution in [2.45, 2.75) is 18.5 Å². The van der Waals surface area contributed by atoms with Crippen LogP contribution in [-0.2, 0) is 16.0 Å². The number of rotatable bonds is 7. The first-order valence-electron chi connectivity index (χ1n) is 10.1. The zero-order valence-electron chi connectivity index (χ0n) is 17.0. The highest BCUT2D eigenvalue weighted by molar-refractivity contribution is 5.88. The van der Waals surface area contributed by atoms with Crippen LogP contribution in [0, 0.1) is 0 Å². The summed E-state index contributed by atoms with van der Waals surface area (Å²) in [7, 11) is 0. The Kier molecular flexibility index (Phi) is 6.07. The van der Waals surface area contributed by atoms with Gasteiger partial charge in [0.25, 0.3) is 5.56 Å². The van der Waals surface area contributed by atoms with E-state index in [4.69, 9.17) is 0 Å². The summed E-state index contributed by atoms with van der Waals surface area (Å²) in [6.45, 7) is 0. The maximum atomic E-state index is 13.3. The van der Waals surface area contributed by atoms with Crippen LogP contribution < -0.4 is 16.0 Å². The lowest BCUT2D eigenvalue weighted by Crippen LogP contribution is -2.51. The number of carbonyl (C=O) groups excluding carboxylic acids is 2. The minimum Gasteiger partial charge on any atom is -0.548 e. The number of aromatic nitrogens is 2. The monoisotopic (exact) mass is 426 g/mol. The first-order valence-corrected chi connectivity index (χ1v) is 10.1. The first kappa shape index (κ1) is 21.0. The largest absolute Gasteiger partial charge is 0.548 e. The van der Waals surface area contributed by atoms with Crippen molar-refractivity contribution >= 4 is 22.8 Å². The van der Waals surface area contributed by atoms with E-state index in [0.29, 0.717) is 16.5 Å². The molecule has 1 heterocycles. The fourth-order valence-electron chi connectivity index (χ4n) is 3.63. The summed E-state index contributed by atoms with van der Waals surface area (Å²) in [6.07, 6.45) is 1.37. The number of hydrogen-bond acceptors (Lipinski definition) is 5. The molecule has 0 radical (unpaired) electrons. The number of hydrogen-bond donors (Lipinski definition) is 1. The van der Waals surface area contributed by atoms with Gasteiger partial charge in [-0.05, 0) is 29.7 Å². The molecule has 0 fully saturated rings. The van der Waals surface area contributed by atoms with Crippen LogP contribution in [-0.4, -0.2) is 27.5 Å². The van der Waals surface area contributed by atoms with Crippen molar-refractivity contribution in [3.05, 3.63) is 113 Å². The Bertz CT molecular complexity index is 1300. The average Bonchev–Trinajstić information content (AvgIpc) is 2.82. The van der Waals surface area contributed by atoms with Crippen LogP contribution in [0.4, 0.5) is 0 Å². The number of benzene rings is 3. The SMILES string of the molecule is O=C([O-])[C@H](Cc1ccccc1)NC(=O)[C@H](c1ccccc1)n1cnc2ccccc2c1=O. The first-order chi connectivity index (χ1) is 15.5. The number of carboxylic acids is 1. The van der Waals surface area contributed by atoms with E-state index in [1.54, 1.807) is 78.9 Å². The number of nitrogens with zero attached hydrogens (tertiary/aromatic N) is 2. The highest BCUT2D eigenvalue weighted by atomic mass is 16.4. The zero-order valence-corrected chi connectivity index (χ0v) is 17.0. The molecule has 7 nitrogen and oxygen atoms in total.